The second kappa shape index (κ2) is 6.37. The maximum atomic E-state index is 13.3. The van der Waals surface area contributed by atoms with Gasteiger partial charge in [-0.05, 0) is 40.2 Å². The molecule has 3 nitrogen and oxygen atoms in total. The largest absolute Gasteiger partial charge is 0.489 e. The number of carboxylic acid groups (broad SMARTS) is 1. The van der Waals surface area contributed by atoms with Gasteiger partial charge in [0.25, 0.3) is 0 Å². The molecule has 20 heavy (non-hydrogen) atoms. The average Bonchev–Trinajstić information content (AvgIpc) is 2.41. The maximum absolute atomic E-state index is 13.3. The van der Waals surface area contributed by atoms with Gasteiger partial charge in [0.05, 0.1) is 10.0 Å². The molecule has 0 unspecified atom stereocenters. The van der Waals surface area contributed by atoms with Crippen molar-refractivity contribution in [2.45, 2.75) is 6.61 Å². The molecule has 0 fully saturated rings. The van der Waals surface area contributed by atoms with Crippen LogP contribution in [0.2, 0.25) is 0 Å². The molecule has 2 aromatic rings. The highest BCUT2D eigenvalue weighted by molar-refractivity contribution is 9.10. The second-order valence-electron chi connectivity index (χ2n) is 3.98. The molecule has 104 valence electrons. The standard InChI is InChI=1S/C14H9Br2FO3/c15-11-4-3-10(6-13(11)17)20-7-9-2-1-8(14(18)19)5-12(9)16/h1-6H,7H2,(H,18,19). The number of carbonyl (C=O) groups is 1. The molecule has 0 aliphatic rings. The van der Waals surface area contributed by atoms with Gasteiger partial charge in [-0.3, -0.25) is 0 Å². The Bertz CT molecular complexity index is 659. The van der Waals surface area contributed by atoms with Gasteiger partial charge in [-0.1, -0.05) is 22.0 Å². The van der Waals surface area contributed by atoms with E-state index in [0.29, 0.717) is 14.7 Å². The van der Waals surface area contributed by atoms with E-state index >= 15 is 0 Å². The fraction of sp³-hybridized carbons (Fsp3) is 0.0714. The minimum atomic E-state index is -0.992. The molecule has 1 N–H and O–H groups in total. The number of hydrogen-bond acceptors (Lipinski definition) is 2. The zero-order chi connectivity index (χ0) is 14.7. The highest BCUT2D eigenvalue weighted by Gasteiger charge is 2.08. The molecule has 2 aromatic carbocycles. The Hall–Kier alpha value is -1.40. The summed E-state index contributed by atoms with van der Waals surface area (Å²) in [5.74, 6) is -0.990. The zero-order valence-corrected chi connectivity index (χ0v) is 13.2. The minimum absolute atomic E-state index is 0.190. The van der Waals surface area contributed by atoms with Crippen LogP contribution in [0.4, 0.5) is 4.39 Å². The summed E-state index contributed by atoms with van der Waals surface area (Å²) in [6.07, 6.45) is 0. The summed E-state index contributed by atoms with van der Waals surface area (Å²) < 4.78 is 19.8. The molecule has 0 radical (unpaired) electrons. The van der Waals surface area contributed by atoms with Gasteiger partial charge in [0.1, 0.15) is 18.2 Å². The van der Waals surface area contributed by atoms with Crippen LogP contribution < -0.4 is 4.74 Å². The summed E-state index contributed by atoms with van der Waals surface area (Å²) in [5.41, 5.74) is 0.966. The summed E-state index contributed by atoms with van der Waals surface area (Å²) in [5, 5.41) is 8.87. The van der Waals surface area contributed by atoms with E-state index in [1.54, 1.807) is 18.2 Å². The number of aromatic carboxylic acids is 1. The first kappa shape index (κ1) is 15.0. The van der Waals surface area contributed by atoms with E-state index in [1.807, 2.05) is 0 Å². The van der Waals surface area contributed by atoms with Crippen molar-refractivity contribution in [3.63, 3.8) is 0 Å². The SMILES string of the molecule is O=C(O)c1ccc(COc2ccc(Br)c(F)c2)c(Br)c1. The molecule has 0 spiro atoms. The van der Waals surface area contributed by atoms with E-state index in [9.17, 15) is 9.18 Å². The molecule has 6 heteroatoms. The van der Waals surface area contributed by atoms with Crippen LogP contribution in [-0.2, 0) is 6.61 Å². The predicted molar refractivity (Wildman–Crippen MR) is 79.5 cm³/mol. The van der Waals surface area contributed by atoms with E-state index in [0.717, 1.165) is 5.56 Å². The number of carboxylic acids is 1. The first-order valence-corrected chi connectivity index (χ1v) is 7.15. The van der Waals surface area contributed by atoms with E-state index in [1.165, 1.54) is 18.2 Å². The summed E-state index contributed by atoms with van der Waals surface area (Å²) in [4.78, 5) is 10.8. The van der Waals surface area contributed by atoms with Crippen LogP contribution in [0.15, 0.2) is 45.3 Å². The van der Waals surface area contributed by atoms with Gasteiger partial charge in [0.15, 0.2) is 0 Å². The Labute approximate surface area is 131 Å². The van der Waals surface area contributed by atoms with E-state index in [-0.39, 0.29) is 12.2 Å². The highest BCUT2D eigenvalue weighted by atomic mass is 79.9. The number of hydrogen-bond donors (Lipinski definition) is 1. The zero-order valence-electron chi connectivity index (χ0n) is 10.1. The topological polar surface area (TPSA) is 46.5 Å². The van der Waals surface area contributed by atoms with E-state index in [4.69, 9.17) is 9.84 Å². The lowest BCUT2D eigenvalue weighted by Crippen LogP contribution is -2.00. The quantitative estimate of drug-likeness (QED) is 0.809. The Morgan fingerprint density at radius 1 is 1.15 bits per heavy atom. The molecule has 0 bridgehead atoms. The average molecular weight is 404 g/mol. The van der Waals surface area contributed by atoms with E-state index in [2.05, 4.69) is 31.9 Å². The lowest BCUT2D eigenvalue weighted by molar-refractivity contribution is 0.0696. The van der Waals surface area contributed by atoms with Crippen LogP contribution in [0.5, 0.6) is 5.75 Å². The van der Waals surface area contributed by atoms with Gasteiger partial charge in [-0.2, -0.15) is 0 Å². The molecule has 0 saturated carbocycles. The summed E-state index contributed by atoms with van der Waals surface area (Å²) >= 11 is 6.35. The van der Waals surface area contributed by atoms with Crippen LogP contribution in [0, 0.1) is 5.82 Å². The molecular formula is C14H9Br2FO3. The Kier molecular flexibility index (Phi) is 4.77. The minimum Gasteiger partial charge on any atom is -0.489 e. The van der Waals surface area contributed by atoms with Gasteiger partial charge >= 0.3 is 5.97 Å². The Balaban J connectivity index is 2.10. The molecular weight excluding hydrogens is 395 g/mol. The van der Waals surface area contributed by atoms with Gasteiger partial charge in [0, 0.05) is 16.1 Å². The smallest absolute Gasteiger partial charge is 0.335 e. The van der Waals surface area contributed by atoms with Gasteiger partial charge in [0.2, 0.25) is 0 Å². The van der Waals surface area contributed by atoms with Crippen molar-refractivity contribution in [3.8, 4) is 5.75 Å². The van der Waals surface area contributed by atoms with E-state index < -0.39 is 11.8 Å². The Morgan fingerprint density at radius 2 is 1.90 bits per heavy atom. The predicted octanol–water partition coefficient (Wildman–Crippen LogP) is 4.63. The second-order valence-corrected chi connectivity index (χ2v) is 5.68. The van der Waals surface area contributed by atoms with Crippen molar-refractivity contribution >= 4 is 37.8 Å². The molecule has 0 aliphatic carbocycles. The van der Waals surface area contributed by atoms with Gasteiger partial charge in [-0.15, -0.1) is 0 Å². The van der Waals surface area contributed by atoms with Crippen molar-refractivity contribution in [2.75, 3.05) is 0 Å². The first-order valence-electron chi connectivity index (χ1n) is 5.57. The molecule has 0 heterocycles. The third-order valence-electron chi connectivity index (χ3n) is 2.59. The van der Waals surface area contributed by atoms with Gasteiger partial charge < -0.3 is 9.84 Å². The van der Waals surface area contributed by atoms with Crippen molar-refractivity contribution in [2.24, 2.45) is 0 Å². The van der Waals surface area contributed by atoms with Crippen molar-refractivity contribution < 1.29 is 19.0 Å². The van der Waals surface area contributed by atoms with Crippen LogP contribution in [0.3, 0.4) is 0 Å². The molecule has 0 aromatic heterocycles. The summed E-state index contributed by atoms with van der Waals surface area (Å²) in [6.45, 7) is 0.210. The molecule has 0 saturated heterocycles. The number of benzene rings is 2. The Morgan fingerprint density at radius 3 is 2.50 bits per heavy atom. The van der Waals surface area contributed by atoms with Crippen LogP contribution in [-0.4, -0.2) is 11.1 Å². The lowest BCUT2D eigenvalue weighted by Gasteiger charge is -2.09. The maximum Gasteiger partial charge on any atom is 0.335 e. The van der Waals surface area contributed by atoms with Crippen LogP contribution in [0.1, 0.15) is 15.9 Å². The molecule has 0 aliphatic heterocycles. The molecule has 0 amide bonds. The van der Waals surface area contributed by atoms with Crippen LogP contribution >= 0.6 is 31.9 Å². The van der Waals surface area contributed by atoms with Gasteiger partial charge in [-0.25, -0.2) is 9.18 Å². The molecule has 0 atom stereocenters. The summed E-state index contributed by atoms with van der Waals surface area (Å²) in [6, 6.07) is 9.14. The first-order chi connectivity index (χ1) is 9.47. The summed E-state index contributed by atoms with van der Waals surface area (Å²) in [7, 11) is 0. The monoisotopic (exact) mass is 402 g/mol. The number of rotatable bonds is 4. The highest BCUT2D eigenvalue weighted by Crippen LogP contribution is 2.24. The number of ether oxygens (including phenoxy) is 1. The van der Waals surface area contributed by atoms with Crippen molar-refractivity contribution in [1.29, 1.82) is 0 Å². The fourth-order valence-corrected chi connectivity index (χ4v) is 2.27. The number of halogens is 3. The molecule has 2 rings (SSSR count). The third-order valence-corrected chi connectivity index (χ3v) is 3.97. The third kappa shape index (κ3) is 3.58. The lowest BCUT2D eigenvalue weighted by atomic mass is 10.1. The normalized spacial score (nSPS) is 10.3. The van der Waals surface area contributed by atoms with Crippen molar-refractivity contribution in [1.82, 2.24) is 0 Å². The van der Waals surface area contributed by atoms with Crippen molar-refractivity contribution in [3.05, 3.63) is 62.3 Å². The van der Waals surface area contributed by atoms with Crippen LogP contribution in [0.25, 0.3) is 0 Å². The fourth-order valence-electron chi connectivity index (χ4n) is 1.53.